The van der Waals surface area contributed by atoms with Crippen molar-refractivity contribution < 1.29 is 14.7 Å². The Morgan fingerprint density at radius 3 is 2.77 bits per heavy atom. The van der Waals surface area contributed by atoms with E-state index in [2.05, 4.69) is 0 Å². The van der Waals surface area contributed by atoms with E-state index in [1.807, 2.05) is 14.0 Å². The van der Waals surface area contributed by atoms with Gasteiger partial charge in [-0.15, -0.1) is 0 Å². The van der Waals surface area contributed by atoms with Crippen molar-refractivity contribution in [3.63, 3.8) is 0 Å². The highest BCUT2D eigenvalue weighted by molar-refractivity contribution is 5.65. The minimum absolute atomic E-state index is 0.138. The maximum absolute atomic E-state index is 10.7. The highest BCUT2D eigenvalue weighted by Crippen LogP contribution is 2.32. The lowest BCUT2D eigenvalue weighted by Crippen LogP contribution is -2.33. The van der Waals surface area contributed by atoms with Gasteiger partial charge in [0.25, 0.3) is 0 Å². The lowest BCUT2D eigenvalue weighted by Gasteiger charge is -2.18. The monoisotopic (exact) mass is 186 g/mol. The molecule has 3 atom stereocenters. The van der Waals surface area contributed by atoms with Gasteiger partial charge in [-0.2, -0.15) is 5.06 Å². The smallest absolute Gasteiger partial charge is 0.407 e. The first-order valence-corrected chi connectivity index (χ1v) is 4.47. The van der Waals surface area contributed by atoms with Crippen LogP contribution in [0.3, 0.4) is 0 Å². The molecule has 2 rings (SSSR count). The summed E-state index contributed by atoms with van der Waals surface area (Å²) in [6.07, 6.45) is -0.686. The molecule has 0 aromatic heterocycles. The summed E-state index contributed by atoms with van der Waals surface area (Å²) in [5, 5.41) is 10.6. The number of likely N-dealkylation sites (tertiary alicyclic amines) is 1. The van der Waals surface area contributed by atoms with E-state index in [1.54, 1.807) is 5.06 Å². The Balaban J connectivity index is 2.08. The molecule has 1 amide bonds. The lowest BCUT2D eigenvalue weighted by atomic mass is 10.0. The average Bonchev–Trinajstić information content (AvgIpc) is 2.55. The fraction of sp³-hybridized carbons (Fsp3) is 0.875. The molecule has 13 heavy (non-hydrogen) atoms. The second-order valence-electron chi connectivity index (χ2n) is 3.78. The molecule has 0 saturated carbocycles. The van der Waals surface area contributed by atoms with Gasteiger partial charge in [-0.05, 0) is 6.92 Å². The summed E-state index contributed by atoms with van der Waals surface area (Å²) in [4.78, 5) is 17.6. The Bertz CT molecular complexity index is 217. The van der Waals surface area contributed by atoms with E-state index in [0.29, 0.717) is 19.0 Å². The summed E-state index contributed by atoms with van der Waals surface area (Å²) in [6.45, 7) is 3.17. The number of carboxylic acid groups (broad SMARTS) is 1. The molecule has 3 unspecified atom stereocenters. The summed E-state index contributed by atoms with van der Waals surface area (Å²) in [5.41, 5.74) is 0. The van der Waals surface area contributed by atoms with Gasteiger partial charge < -0.3 is 10.0 Å². The van der Waals surface area contributed by atoms with Crippen molar-refractivity contribution in [3.8, 4) is 0 Å². The molecule has 0 aromatic rings. The average molecular weight is 186 g/mol. The van der Waals surface area contributed by atoms with Crippen LogP contribution in [0.5, 0.6) is 0 Å². The van der Waals surface area contributed by atoms with E-state index in [0.717, 1.165) is 0 Å². The molecule has 0 aromatic carbocycles. The van der Waals surface area contributed by atoms with Gasteiger partial charge in [0.2, 0.25) is 0 Å². The molecule has 1 N–H and O–H groups in total. The predicted octanol–water partition coefficient (Wildman–Crippen LogP) is 0.230. The minimum atomic E-state index is -0.824. The van der Waals surface area contributed by atoms with Crippen LogP contribution in [0.15, 0.2) is 0 Å². The Morgan fingerprint density at radius 1 is 1.54 bits per heavy atom. The van der Waals surface area contributed by atoms with Gasteiger partial charge in [0, 0.05) is 26.1 Å². The standard InChI is InChI=1S/C8H14N2O3/c1-5-6-3-10(8(11)12)4-7(6)9(2)13-5/h5-7H,3-4H2,1-2H3,(H,11,12). The van der Waals surface area contributed by atoms with Gasteiger partial charge >= 0.3 is 6.09 Å². The van der Waals surface area contributed by atoms with Crippen LogP contribution >= 0.6 is 0 Å². The summed E-state index contributed by atoms with van der Waals surface area (Å²) >= 11 is 0. The Hall–Kier alpha value is -0.810. The Kier molecular flexibility index (Phi) is 1.92. The second-order valence-corrected chi connectivity index (χ2v) is 3.78. The van der Waals surface area contributed by atoms with Crippen LogP contribution < -0.4 is 0 Å². The van der Waals surface area contributed by atoms with Gasteiger partial charge in [-0.3, -0.25) is 4.84 Å². The zero-order valence-corrected chi connectivity index (χ0v) is 7.80. The van der Waals surface area contributed by atoms with Crippen LogP contribution in [0.25, 0.3) is 0 Å². The van der Waals surface area contributed by atoms with E-state index >= 15 is 0 Å². The number of amides is 1. The van der Waals surface area contributed by atoms with Gasteiger partial charge in [-0.1, -0.05) is 0 Å². The normalized spacial score (nSPS) is 39.5. The molecule has 2 heterocycles. The number of likely N-dealkylation sites (N-methyl/N-ethyl adjacent to an activating group) is 1. The van der Waals surface area contributed by atoms with Crippen molar-refractivity contribution in [2.24, 2.45) is 5.92 Å². The Labute approximate surface area is 76.8 Å². The number of rotatable bonds is 0. The van der Waals surface area contributed by atoms with E-state index in [1.165, 1.54) is 4.90 Å². The van der Waals surface area contributed by atoms with Crippen LogP contribution in [-0.2, 0) is 4.84 Å². The molecule has 74 valence electrons. The van der Waals surface area contributed by atoms with Gasteiger partial charge in [-0.25, -0.2) is 4.79 Å². The van der Waals surface area contributed by atoms with Crippen molar-refractivity contribution in [2.75, 3.05) is 20.1 Å². The zero-order valence-electron chi connectivity index (χ0n) is 7.80. The quantitative estimate of drug-likeness (QED) is 0.588. The fourth-order valence-corrected chi connectivity index (χ4v) is 2.23. The maximum Gasteiger partial charge on any atom is 0.407 e. The molecule has 0 radical (unpaired) electrons. The molecule has 0 aliphatic carbocycles. The molecule has 2 aliphatic rings. The van der Waals surface area contributed by atoms with Gasteiger partial charge in [0.1, 0.15) is 0 Å². The van der Waals surface area contributed by atoms with Crippen molar-refractivity contribution >= 4 is 6.09 Å². The first-order chi connectivity index (χ1) is 6.09. The number of hydrogen-bond donors (Lipinski definition) is 1. The van der Waals surface area contributed by atoms with Crippen molar-refractivity contribution in [3.05, 3.63) is 0 Å². The van der Waals surface area contributed by atoms with Crippen LogP contribution in [0, 0.1) is 5.92 Å². The number of fused-ring (bicyclic) bond motifs is 1. The van der Waals surface area contributed by atoms with E-state index in [-0.39, 0.29) is 12.1 Å². The first kappa shape index (κ1) is 8.77. The van der Waals surface area contributed by atoms with Gasteiger partial charge in [0.15, 0.2) is 0 Å². The lowest BCUT2D eigenvalue weighted by molar-refractivity contribution is -0.142. The molecule has 0 spiro atoms. The van der Waals surface area contributed by atoms with Crippen molar-refractivity contribution in [2.45, 2.75) is 19.1 Å². The SMILES string of the molecule is CC1ON(C)C2CN(C(=O)O)CC12. The zero-order chi connectivity index (χ0) is 9.59. The number of nitrogens with zero attached hydrogens (tertiary/aromatic N) is 2. The molecule has 5 nitrogen and oxygen atoms in total. The van der Waals surface area contributed by atoms with E-state index in [4.69, 9.17) is 9.94 Å². The summed E-state index contributed by atoms with van der Waals surface area (Å²) in [7, 11) is 1.87. The first-order valence-electron chi connectivity index (χ1n) is 4.47. The van der Waals surface area contributed by atoms with Crippen LogP contribution in [0.4, 0.5) is 4.79 Å². The molecule has 5 heteroatoms. The van der Waals surface area contributed by atoms with E-state index in [9.17, 15) is 4.79 Å². The summed E-state index contributed by atoms with van der Waals surface area (Å²) in [6, 6.07) is 0.242. The van der Waals surface area contributed by atoms with Crippen LogP contribution in [0.1, 0.15) is 6.92 Å². The largest absolute Gasteiger partial charge is 0.465 e. The minimum Gasteiger partial charge on any atom is -0.465 e. The topological polar surface area (TPSA) is 53.0 Å². The number of carbonyl (C=O) groups is 1. The van der Waals surface area contributed by atoms with Crippen molar-refractivity contribution in [1.82, 2.24) is 9.96 Å². The predicted molar refractivity (Wildman–Crippen MR) is 45.2 cm³/mol. The van der Waals surface area contributed by atoms with Crippen molar-refractivity contribution in [1.29, 1.82) is 0 Å². The summed E-state index contributed by atoms with van der Waals surface area (Å²) in [5.74, 6) is 0.334. The maximum atomic E-state index is 10.7. The van der Waals surface area contributed by atoms with Crippen LogP contribution in [0.2, 0.25) is 0 Å². The van der Waals surface area contributed by atoms with E-state index < -0.39 is 6.09 Å². The fourth-order valence-electron chi connectivity index (χ4n) is 2.23. The Morgan fingerprint density at radius 2 is 2.23 bits per heavy atom. The molecule has 2 saturated heterocycles. The number of hydroxylamine groups is 2. The third-order valence-corrected chi connectivity index (χ3v) is 3.01. The number of hydrogen-bond acceptors (Lipinski definition) is 3. The highest BCUT2D eigenvalue weighted by atomic mass is 16.7. The van der Waals surface area contributed by atoms with Crippen LogP contribution in [-0.4, -0.2) is 53.4 Å². The molecule has 2 fully saturated rings. The van der Waals surface area contributed by atoms with Gasteiger partial charge in [0.05, 0.1) is 12.1 Å². The third-order valence-electron chi connectivity index (χ3n) is 3.01. The highest BCUT2D eigenvalue weighted by Gasteiger charge is 2.46. The second kappa shape index (κ2) is 2.85. The summed E-state index contributed by atoms with van der Waals surface area (Å²) < 4.78 is 0. The molecular weight excluding hydrogens is 172 g/mol. The molecular formula is C8H14N2O3. The molecule has 0 bridgehead atoms. The third kappa shape index (κ3) is 1.28. The molecule has 2 aliphatic heterocycles.